The van der Waals surface area contributed by atoms with Crippen molar-refractivity contribution in [1.29, 1.82) is 0 Å². The van der Waals surface area contributed by atoms with Gasteiger partial charge in [-0.3, -0.25) is 9.59 Å². The van der Waals surface area contributed by atoms with Crippen molar-refractivity contribution in [2.45, 2.75) is 39.3 Å². The van der Waals surface area contributed by atoms with Crippen LogP contribution < -0.4 is 5.32 Å². The van der Waals surface area contributed by atoms with Gasteiger partial charge in [0.25, 0.3) is 5.91 Å². The summed E-state index contributed by atoms with van der Waals surface area (Å²) in [4.78, 5) is 31.6. The van der Waals surface area contributed by atoms with Gasteiger partial charge in [-0.15, -0.1) is 0 Å². The third-order valence-corrected chi connectivity index (χ3v) is 6.32. The monoisotopic (exact) mass is 423 g/mol. The number of amides is 2. The Kier molecular flexibility index (Phi) is 5.82. The van der Waals surface area contributed by atoms with Gasteiger partial charge in [0.2, 0.25) is 5.91 Å². The second-order valence-electron chi connectivity index (χ2n) is 7.98. The number of nitrogens with one attached hydrogen (secondary N) is 2. The highest BCUT2D eigenvalue weighted by Crippen LogP contribution is 2.28. The van der Waals surface area contributed by atoms with Gasteiger partial charge >= 0.3 is 0 Å². The minimum Gasteiger partial charge on any atom is -0.358 e. The second-order valence-corrected chi connectivity index (χ2v) is 8.42. The van der Waals surface area contributed by atoms with Crippen LogP contribution in [0, 0.1) is 5.92 Å². The third kappa shape index (κ3) is 3.94. The molecule has 1 aromatic heterocycles. The lowest BCUT2D eigenvalue weighted by molar-refractivity contribution is -0.135. The SMILES string of the molecule is CC[C@H](C)[C@H](NC(=O)c1ccc(Cl)cc1)C(=O)N1CCc2[nH]c3ccccc3c2C1. The minimum atomic E-state index is -0.565. The topological polar surface area (TPSA) is 65.2 Å². The quantitative estimate of drug-likeness (QED) is 0.632. The highest BCUT2D eigenvalue weighted by Gasteiger charge is 2.32. The number of halogens is 1. The summed E-state index contributed by atoms with van der Waals surface area (Å²) in [5, 5.41) is 4.71. The predicted octanol–water partition coefficient (Wildman–Crippen LogP) is 4.55. The highest BCUT2D eigenvalue weighted by atomic mass is 35.5. The number of rotatable bonds is 5. The predicted molar refractivity (Wildman–Crippen MR) is 120 cm³/mol. The van der Waals surface area contributed by atoms with Crippen LogP contribution in [-0.2, 0) is 17.8 Å². The van der Waals surface area contributed by atoms with E-state index < -0.39 is 6.04 Å². The van der Waals surface area contributed by atoms with E-state index in [0.29, 0.717) is 23.7 Å². The van der Waals surface area contributed by atoms with Crippen LogP contribution in [0.5, 0.6) is 0 Å². The number of hydrogen-bond acceptors (Lipinski definition) is 2. The number of carbonyl (C=O) groups excluding carboxylic acids is 2. The molecule has 1 aliphatic rings. The maximum Gasteiger partial charge on any atom is 0.251 e. The highest BCUT2D eigenvalue weighted by molar-refractivity contribution is 6.30. The third-order valence-electron chi connectivity index (χ3n) is 6.07. The molecule has 0 fully saturated rings. The fraction of sp³-hybridized carbons (Fsp3) is 0.333. The fourth-order valence-electron chi connectivity index (χ4n) is 4.06. The molecular weight excluding hydrogens is 398 g/mol. The van der Waals surface area contributed by atoms with Crippen LogP contribution in [-0.4, -0.2) is 34.3 Å². The van der Waals surface area contributed by atoms with E-state index >= 15 is 0 Å². The molecule has 2 heterocycles. The second kappa shape index (κ2) is 8.52. The maximum absolute atomic E-state index is 13.5. The zero-order valence-electron chi connectivity index (χ0n) is 17.2. The Balaban J connectivity index is 1.55. The van der Waals surface area contributed by atoms with E-state index in [-0.39, 0.29) is 17.7 Å². The summed E-state index contributed by atoms with van der Waals surface area (Å²) < 4.78 is 0. The van der Waals surface area contributed by atoms with E-state index in [4.69, 9.17) is 11.6 Å². The molecule has 30 heavy (non-hydrogen) atoms. The zero-order valence-corrected chi connectivity index (χ0v) is 18.0. The van der Waals surface area contributed by atoms with Crippen LogP contribution in [0.1, 0.15) is 41.9 Å². The van der Waals surface area contributed by atoms with Crippen molar-refractivity contribution in [1.82, 2.24) is 15.2 Å². The fourth-order valence-corrected chi connectivity index (χ4v) is 4.19. The van der Waals surface area contributed by atoms with Gasteiger partial charge in [-0.1, -0.05) is 50.1 Å². The molecule has 3 aromatic rings. The molecule has 2 N–H and O–H groups in total. The van der Waals surface area contributed by atoms with Crippen molar-refractivity contribution in [3.05, 3.63) is 70.4 Å². The molecule has 0 unspecified atom stereocenters. The standard InChI is InChI=1S/C24H26ClN3O2/c1-3-15(2)22(27-23(29)16-8-10-17(25)11-9-16)24(30)28-13-12-21-19(14-28)18-6-4-5-7-20(18)26-21/h4-11,15,22,26H,3,12-14H2,1-2H3,(H,27,29)/t15-,22-/m0/s1. The average Bonchev–Trinajstić information content (AvgIpc) is 3.14. The number of benzene rings is 2. The van der Waals surface area contributed by atoms with E-state index in [1.807, 2.05) is 30.9 Å². The number of aromatic amines is 1. The van der Waals surface area contributed by atoms with Crippen LogP contribution in [0.4, 0.5) is 0 Å². The van der Waals surface area contributed by atoms with E-state index in [9.17, 15) is 9.59 Å². The summed E-state index contributed by atoms with van der Waals surface area (Å²) in [6.45, 7) is 5.24. The number of hydrogen-bond donors (Lipinski definition) is 2. The molecule has 2 amide bonds. The van der Waals surface area contributed by atoms with Gasteiger partial charge < -0.3 is 15.2 Å². The van der Waals surface area contributed by atoms with Crippen LogP contribution in [0.25, 0.3) is 10.9 Å². The number of nitrogens with zero attached hydrogens (tertiary/aromatic N) is 1. The summed E-state index contributed by atoms with van der Waals surface area (Å²) in [7, 11) is 0. The van der Waals surface area contributed by atoms with Gasteiger partial charge in [0.15, 0.2) is 0 Å². The summed E-state index contributed by atoms with van der Waals surface area (Å²) in [5.74, 6) is -0.254. The molecule has 1 aliphatic heterocycles. The first-order valence-corrected chi connectivity index (χ1v) is 10.8. The Morgan fingerprint density at radius 1 is 1.17 bits per heavy atom. The van der Waals surface area contributed by atoms with Crippen LogP contribution in [0.15, 0.2) is 48.5 Å². The lowest BCUT2D eigenvalue weighted by Crippen LogP contribution is -2.52. The Hall–Kier alpha value is -2.79. The first kappa shape index (κ1) is 20.5. The lowest BCUT2D eigenvalue weighted by atomic mass is 9.95. The van der Waals surface area contributed by atoms with Gasteiger partial charge in [0.1, 0.15) is 6.04 Å². The van der Waals surface area contributed by atoms with Gasteiger partial charge in [0.05, 0.1) is 0 Å². The molecule has 4 rings (SSSR count). The molecule has 5 nitrogen and oxygen atoms in total. The molecule has 0 saturated carbocycles. The number of para-hydroxylation sites is 1. The van der Waals surface area contributed by atoms with Gasteiger partial charge in [-0.2, -0.15) is 0 Å². The van der Waals surface area contributed by atoms with E-state index in [1.165, 1.54) is 11.3 Å². The van der Waals surface area contributed by atoms with Crippen molar-refractivity contribution >= 4 is 34.3 Å². The molecule has 0 bridgehead atoms. The van der Waals surface area contributed by atoms with Crippen molar-refractivity contribution in [2.75, 3.05) is 6.54 Å². The Labute approximate surface area is 181 Å². The van der Waals surface area contributed by atoms with Crippen molar-refractivity contribution in [3.8, 4) is 0 Å². The average molecular weight is 424 g/mol. The molecule has 2 aromatic carbocycles. The van der Waals surface area contributed by atoms with Crippen molar-refractivity contribution in [2.24, 2.45) is 5.92 Å². The molecule has 0 spiro atoms. The largest absolute Gasteiger partial charge is 0.358 e. The number of carbonyl (C=O) groups is 2. The number of H-pyrrole nitrogens is 1. The lowest BCUT2D eigenvalue weighted by Gasteiger charge is -2.33. The maximum atomic E-state index is 13.5. The molecular formula is C24H26ClN3O2. The van der Waals surface area contributed by atoms with Crippen molar-refractivity contribution in [3.63, 3.8) is 0 Å². The Morgan fingerprint density at radius 2 is 1.90 bits per heavy atom. The van der Waals surface area contributed by atoms with Gasteiger partial charge in [-0.25, -0.2) is 0 Å². The molecule has 6 heteroatoms. The zero-order chi connectivity index (χ0) is 21.3. The normalized spacial score (nSPS) is 15.5. The van der Waals surface area contributed by atoms with Gasteiger partial charge in [-0.05, 0) is 36.2 Å². The van der Waals surface area contributed by atoms with Crippen LogP contribution in [0.3, 0.4) is 0 Å². The van der Waals surface area contributed by atoms with Crippen molar-refractivity contribution < 1.29 is 9.59 Å². The Morgan fingerprint density at radius 3 is 2.63 bits per heavy atom. The number of fused-ring (bicyclic) bond motifs is 3. The smallest absolute Gasteiger partial charge is 0.251 e. The van der Waals surface area contributed by atoms with Crippen LogP contribution >= 0.6 is 11.6 Å². The molecule has 0 aliphatic carbocycles. The summed E-state index contributed by atoms with van der Waals surface area (Å²) in [6.07, 6.45) is 1.58. The summed E-state index contributed by atoms with van der Waals surface area (Å²) in [5.41, 5.74) is 3.98. The first-order chi connectivity index (χ1) is 14.5. The molecule has 156 valence electrons. The molecule has 0 radical (unpaired) electrons. The van der Waals surface area contributed by atoms with Crippen LogP contribution in [0.2, 0.25) is 5.02 Å². The summed E-state index contributed by atoms with van der Waals surface area (Å²) in [6, 6.07) is 14.3. The number of aromatic nitrogens is 1. The first-order valence-electron chi connectivity index (χ1n) is 10.4. The molecule has 0 saturated heterocycles. The van der Waals surface area contributed by atoms with E-state index in [1.54, 1.807) is 24.3 Å². The summed E-state index contributed by atoms with van der Waals surface area (Å²) >= 11 is 5.93. The van der Waals surface area contributed by atoms with E-state index in [0.717, 1.165) is 23.7 Å². The van der Waals surface area contributed by atoms with Gasteiger partial charge in [0, 0.05) is 52.3 Å². The minimum absolute atomic E-state index is 0.0254. The molecule has 2 atom stereocenters. The Bertz CT molecular complexity index is 1070. The van der Waals surface area contributed by atoms with E-state index in [2.05, 4.69) is 22.4 Å².